The zero-order chi connectivity index (χ0) is 14.8. The average molecular weight is 287 g/mol. The third-order valence-corrected chi connectivity index (χ3v) is 3.83. The number of hydrogen-bond acceptors (Lipinski definition) is 4. The third kappa shape index (κ3) is 6.16. The molecule has 1 aliphatic rings. The number of ether oxygens (including phenoxy) is 1. The molecule has 114 valence electrons. The van der Waals surface area contributed by atoms with E-state index in [2.05, 4.69) is 10.2 Å². The van der Waals surface area contributed by atoms with Gasteiger partial charge >= 0.3 is 0 Å². The van der Waals surface area contributed by atoms with Crippen LogP contribution in [0.5, 0.6) is 5.75 Å². The van der Waals surface area contributed by atoms with E-state index in [1.807, 2.05) is 30.3 Å². The minimum Gasteiger partial charge on any atom is -0.479 e. The first-order chi connectivity index (χ1) is 10.4. The van der Waals surface area contributed by atoms with Crippen LogP contribution in [0.4, 0.5) is 0 Å². The Morgan fingerprint density at radius 3 is 2.62 bits per heavy atom. The number of piperidine rings is 1. The number of likely N-dealkylation sites (tertiary alicyclic amines) is 1. The van der Waals surface area contributed by atoms with Crippen LogP contribution in [0.25, 0.3) is 0 Å². The van der Waals surface area contributed by atoms with Crippen molar-refractivity contribution in [3.8, 4) is 11.8 Å². The monoisotopic (exact) mass is 287 g/mol. The van der Waals surface area contributed by atoms with Gasteiger partial charge in [0.2, 0.25) is 0 Å². The molecule has 0 spiro atoms. The SMILES string of the molecule is N#CCOc1ccc(CNCCCN2CCCCC2)cc1. The molecule has 1 saturated heterocycles. The van der Waals surface area contributed by atoms with Gasteiger partial charge in [0.15, 0.2) is 6.61 Å². The maximum atomic E-state index is 8.45. The van der Waals surface area contributed by atoms with Gasteiger partial charge in [-0.2, -0.15) is 5.26 Å². The van der Waals surface area contributed by atoms with E-state index in [-0.39, 0.29) is 6.61 Å². The van der Waals surface area contributed by atoms with Crippen LogP contribution in [-0.2, 0) is 6.54 Å². The molecule has 1 fully saturated rings. The average Bonchev–Trinajstić information content (AvgIpc) is 2.55. The fourth-order valence-electron chi connectivity index (χ4n) is 2.66. The molecule has 0 bridgehead atoms. The van der Waals surface area contributed by atoms with Crippen LogP contribution in [0, 0.1) is 11.3 Å². The standard InChI is InChI=1S/C17H25N3O/c18-9-14-21-17-7-5-16(6-8-17)15-19-10-4-13-20-11-2-1-3-12-20/h5-8,19H,1-4,10-15H2. The summed E-state index contributed by atoms with van der Waals surface area (Å²) < 4.78 is 5.23. The second kappa shape index (κ2) is 9.38. The summed E-state index contributed by atoms with van der Waals surface area (Å²) in [6.07, 6.45) is 5.35. The lowest BCUT2D eigenvalue weighted by Crippen LogP contribution is -2.32. The van der Waals surface area contributed by atoms with Crippen LogP contribution in [0.3, 0.4) is 0 Å². The highest BCUT2D eigenvalue weighted by molar-refractivity contribution is 5.27. The molecule has 21 heavy (non-hydrogen) atoms. The normalized spacial score (nSPS) is 15.6. The van der Waals surface area contributed by atoms with Gasteiger partial charge in [0.05, 0.1) is 0 Å². The molecule has 0 radical (unpaired) electrons. The van der Waals surface area contributed by atoms with Crippen molar-refractivity contribution in [1.29, 1.82) is 5.26 Å². The Balaban J connectivity index is 1.56. The molecule has 0 saturated carbocycles. The van der Waals surface area contributed by atoms with Crippen LogP contribution in [0.15, 0.2) is 24.3 Å². The molecule has 1 aromatic carbocycles. The van der Waals surface area contributed by atoms with Gasteiger partial charge in [-0.05, 0) is 63.1 Å². The van der Waals surface area contributed by atoms with Crippen molar-refractivity contribution in [1.82, 2.24) is 10.2 Å². The molecule has 1 heterocycles. The third-order valence-electron chi connectivity index (χ3n) is 3.83. The number of nitrogens with one attached hydrogen (secondary N) is 1. The molecular weight excluding hydrogens is 262 g/mol. The molecule has 0 aromatic heterocycles. The maximum absolute atomic E-state index is 8.45. The fraction of sp³-hybridized carbons (Fsp3) is 0.588. The predicted octanol–water partition coefficient (Wildman–Crippen LogP) is 2.55. The molecule has 0 unspecified atom stereocenters. The summed E-state index contributed by atoms with van der Waals surface area (Å²) in [7, 11) is 0. The van der Waals surface area contributed by atoms with Crippen molar-refractivity contribution in [3.63, 3.8) is 0 Å². The second-order valence-corrected chi connectivity index (χ2v) is 5.52. The van der Waals surface area contributed by atoms with E-state index in [0.29, 0.717) is 0 Å². The fourth-order valence-corrected chi connectivity index (χ4v) is 2.66. The smallest absolute Gasteiger partial charge is 0.174 e. The Morgan fingerprint density at radius 2 is 1.90 bits per heavy atom. The Bertz CT molecular complexity index is 432. The molecule has 1 aliphatic heterocycles. The Morgan fingerprint density at radius 1 is 1.14 bits per heavy atom. The van der Waals surface area contributed by atoms with Gasteiger partial charge in [-0.3, -0.25) is 0 Å². The first-order valence-corrected chi connectivity index (χ1v) is 7.90. The summed E-state index contributed by atoms with van der Waals surface area (Å²) in [4.78, 5) is 2.58. The van der Waals surface area contributed by atoms with Crippen molar-refractivity contribution < 1.29 is 4.74 Å². The summed E-state index contributed by atoms with van der Waals surface area (Å²) in [6, 6.07) is 9.90. The highest BCUT2D eigenvalue weighted by Crippen LogP contribution is 2.12. The first-order valence-electron chi connectivity index (χ1n) is 7.90. The zero-order valence-corrected chi connectivity index (χ0v) is 12.7. The van der Waals surface area contributed by atoms with Crippen molar-refractivity contribution >= 4 is 0 Å². The minimum absolute atomic E-state index is 0.105. The van der Waals surface area contributed by atoms with Gasteiger partial charge < -0.3 is 15.0 Å². The van der Waals surface area contributed by atoms with Crippen molar-refractivity contribution in [3.05, 3.63) is 29.8 Å². The topological polar surface area (TPSA) is 48.3 Å². The molecule has 1 aromatic rings. The highest BCUT2D eigenvalue weighted by atomic mass is 16.5. The summed E-state index contributed by atoms with van der Waals surface area (Å²) in [6.45, 7) is 5.83. The van der Waals surface area contributed by atoms with Crippen molar-refractivity contribution in [2.24, 2.45) is 0 Å². The summed E-state index contributed by atoms with van der Waals surface area (Å²) in [5.74, 6) is 0.755. The molecule has 1 N–H and O–H groups in total. The zero-order valence-electron chi connectivity index (χ0n) is 12.7. The Kier molecular flexibility index (Phi) is 7.06. The molecule has 4 heteroatoms. The molecule has 0 atom stereocenters. The van der Waals surface area contributed by atoms with E-state index in [1.165, 1.54) is 50.9 Å². The van der Waals surface area contributed by atoms with Crippen LogP contribution >= 0.6 is 0 Å². The molecular formula is C17H25N3O. The number of rotatable bonds is 8. The van der Waals surface area contributed by atoms with E-state index in [4.69, 9.17) is 10.00 Å². The first kappa shape index (κ1) is 15.8. The van der Waals surface area contributed by atoms with Gasteiger partial charge in [-0.15, -0.1) is 0 Å². The number of benzene rings is 1. The minimum atomic E-state index is 0.105. The van der Waals surface area contributed by atoms with Gasteiger partial charge in [-0.1, -0.05) is 18.6 Å². The van der Waals surface area contributed by atoms with Crippen molar-refractivity contribution in [2.45, 2.75) is 32.2 Å². The number of hydrogen-bond donors (Lipinski definition) is 1. The summed E-state index contributed by atoms with van der Waals surface area (Å²) in [5, 5.41) is 11.9. The predicted molar refractivity (Wildman–Crippen MR) is 84.2 cm³/mol. The number of nitriles is 1. The molecule has 0 amide bonds. The van der Waals surface area contributed by atoms with E-state index < -0.39 is 0 Å². The van der Waals surface area contributed by atoms with E-state index >= 15 is 0 Å². The summed E-state index contributed by atoms with van der Waals surface area (Å²) in [5.41, 5.74) is 1.25. The van der Waals surface area contributed by atoms with E-state index in [9.17, 15) is 0 Å². The Labute approximate surface area is 127 Å². The van der Waals surface area contributed by atoms with E-state index in [0.717, 1.165) is 18.8 Å². The second-order valence-electron chi connectivity index (χ2n) is 5.52. The van der Waals surface area contributed by atoms with Crippen LogP contribution in [-0.4, -0.2) is 37.7 Å². The number of nitrogens with zero attached hydrogens (tertiary/aromatic N) is 2. The highest BCUT2D eigenvalue weighted by Gasteiger charge is 2.08. The van der Waals surface area contributed by atoms with Gasteiger partial charge in [0.25, 0.3) is 0 Å². The van der Waals surface area contributed by atoms with Gasteiger partial charge in [0.1, 0.15) is 11.8 Å². The van der Waals surface area contributed by atoms with Crippen LogP contribution in [0.1, 0.15) is 31.2 Å². The molecule has 0 aliphatic carbocycles. The lowest BCUT2D eigenvalue weighted by molar-refractivity contribution is 0.225. The lowest BCUT2D eigenvalue weighted by Gasteiger charge is -2.26. The lowest BCUT2D eigenvalue weighted by atomic mass is 10.1. The van der Waals surface area contributed by atoms with E-state index in [1.54, 1.807) is 0 Å². The molecule has 4 nitrogen and oxygen atoms in total. The quantitative estimate of drug-likeness (QED) is 0.747. The van der Waals surface area contributed by atoms with Gasteiger partial charge in [0, 0.05) is 6.54 Å². The molecule has 2 rings (SSSR count). The van der Waals surface area contributed by atoms with Crippen LogP contribution in [0.2, 0.25) is 0 Å². The van der Waals surface area contributed by atoms with Gasteiger partial charge in [-0.25, -0.2) is 0 Å². The maximum Gasteiger partial charge on any atom is 0.174 e. The largest absolute Gasteiger partial charge is 0.479 e. The Hall–Kier alpha value is -1.57. The van der Waals surface area contributed by atoms with Crippen molar-refractivity contribution in [2.75, 3.05) is 32.8 Å². The summed E-state index contributed by atoms with van der Waals surface area (Å²) >= 11 is 0. The van der Waals surface area contributed by atoms with Crippen LogP contribution < -0.4 is 10.1 Å².